The Balaban J connectivity index is 1.64. The van der Waals surface area contributed by atoms with Crippen LogP contribution in [0.15, 0.2) is 53.8 Å². The molecular formula is C22H24N4O3. The van der Waals surface area contributed by atoms with E-state index in [1.807, 2.05) is 24.3 Å². The van der Waals surface area contributed by atoms with Crippen LogP contribution in [0, 0.1) is 5.92 Å². The molecule has 0 atom stereocenters. The second-order valence-corrected chi connectivity index (χ2v) is 6.88. The number of ether oxygens (including phenoxy) is 2. The highest BCUT2D eigenvalue weighted by atomic mass is 16.5. The smallest absolute Gasteiger partial charge is 0.271 e. The molecule has 3 rings (SSSR count). The number of amides is 1. The van der Waals surface area contributed by atoms with E-state index in [0.29, 0.717) is 35.3 Å². The molecule has 1 amide bonds. The Morgan fingerprint density at radius 2 is 1.97 bits per heavy atom. The van der Waals surface area contributed by atoms with Gasteiger partial charge in [0.15, 0.2) is 11.5 Å². The number of hydrogen-bond donors (Lipinski definition) is 1. The van der Waals surface area contributed by atoms with Gasteiger partial charge in [0.2, 0.25) is 0 Å². The van der Waals surface area contributed by atoms with E-state index in [2.05, 4.69) is 34.3 Å². The van der Waals surface area contributed by atoms with Gasteiger partial charge >= 0.3 is 0 Å². The molecule has 0 unspecified atom stereocenters. The van der Waals surface area contributed by atoms with E-state index in [9.17, 15) is 4.79 Å². The molecule has 0 fully saturated rings. The number of nitrogens with zero attached hydrogens (tertiary/aromatic N) is 3. The summed E-state index contributed by atoms with van der Waals surface area (Å²) in [5, 5.41) is 3.97. The Labute approximate surface area is 169 Å². The second-order valence-electron chi connectivity index (χ2n) is 6.88. The van der Waals surface area contributed by atoms with Crippen LogP contribution in [0.4, 0.5) is 0 Å². The number of rotatable bonds is 8. The summed E-state index contributed by atoms with van der Waals surface area (Å²) in [4.78, 5) is 21.1. The number of carbonyl (C=O) groups is 1. The largest absolute Gasteiger partial charge is 0.493 e. The zero-order valence-corrected chi connectivity index (χ0v) is 16.8. The maximum atomic E-state index is 12.4. The SMILES string of the molecule is COc1cc(C(=O)N/N=C\c2cnc3ccccc3n2)ccc1OCCC(C)C. The van der Waals surface area contributed by atoms with Crippen molar-refractivity contribution >= 4 is 23.2 Å². The summed E-state index contributed by atoms with van der Waals surface area (Å²) in [5.41, 5.74) is 5.03. The maximum Gasteiger partial charge on any atom is 0.271 e. The Morgan fingerprint density at radius 3 is 2.72 bits per heavy atom. The molecule has 1 aromatic heterocycles. The van der Waals surface area contributed by atoms with Crippen LogP contribution in [0.2, 0.25) is 0 Å². The van der Waals surface area contributed by atoms with Crippen molar-refractivity contribution < 1.29 is 14.3 Å². The van der Waals surface area contributed by atoms with Gasteiger partial charge in [-0.2, -0.15) is 5.10 Å². The molecule has 0 bridgehead atoms. The lowest BCUT2D eigenvalue weighted by molar-refractivity contribution is 0.0954. The first-order valence-corrected chi connectivity index (χ1v) is 9.43. The predicted molar refractivity (Wildman–Crippen MR) is 113 cm³/mol. The first kappa shape index (κ1) is 20.3. The van der Waals surface area contributed by atoms with Gasteiger partial charge in [0.25, 0.3) is 5.91 Å². The van der Waals surface area contributed by atoms with Crippen molar-refractivity contribution in [3.8, 4) is 11.5 Å². The fourth-order valence-corrected chi connectivity index (χ4v) is 2.59. The first-order valence-electron chi connectivity index (χ1n) is 9.43. The molecule has 7 nitrogen and oxygen atoms in total. The maximum absolute atomic E-state index is 12.4. The summed E-state index contributed by atoms with van der Waals surface area (Å²) >= 11 is 0. The highest BCUT2D eigenvalue weighted by Crippen LogP contribution is 2.28. The monoisotopic (exact) mass is 392 g/mol. The van der Waals surface area contributed by atoms with E-state index in [-0.39, 0.29) is 5.91 Å². The Hall–Kier alpha value is -3.48. The third kappa shape index (κ3) is 5.51. The van der Waals surface area contributed by atoms with Crippen LogP contribution in [0.3, 0.4) is 0 Å². The predicted octanol–water partition coefficient (Wildman–Crippen LogP) is 3.83. The number of methoxy groups -OCH3 is 1. The summed E-state index contributed by atoms with van der Waals surface area (Å²) in [7, 11) is 1.54. The molecule has 3 aromatic rings. The zero-order valence-electron chi connectivity index (χ0n) is 16.8. The highest BCUT2D eigenvalue weighted by molar-refractivity contribution is 5.95. The lowest BCUT2D eigenvalue weighted by Crippen LogP contribution is -2.18. The van der Waals surface area contributed by atoms with Crippen LogP contribution in [-0.2, 0) is 0 Å². The van der Waals surface area contributed by atoms with Gasteiger partial charge in [-0.1, -0.05) is 26.0 Å². The number of para-hydroxylation sites is 2. The Bertz CT molecular complexity index is 1020. The molecule has 150 valence electrons. The minimum absolute atomic E-state index is 0.359. The number of hydrogen-bond acceptors (Lipinski definition) is 6. The molecule has 0 aliphatic carbocycles. The molecule has 0 saturated heterocycles. The molecule has 1 heterocycles. The lowest BCUT2D eigenvalue weighted by atomic mass is 10.1. The molecule has 0 saturated carbocycles. The van der Waals surface area contributed by atoms with Crippen molar-refractivity contribution in [3.63, 3.8) is 0 Å². The summed E-state index contributed by atoms with van der Waals surface area (Å²) < 4.78 is 11.1. The van der Waals surface area contributed by atoms with Gasteiger partial charge in [-0.3, -0.25) is 9.78 Å². The lowest BCUT2D eigenvalue weighted by Gasteiger charge is -2.12. The van der Waals surface area contributed by atoms with E-state index < -0.39 is 0 Å². The van der Waals surface area contributed by atoms with Crippen molar-refractivity contribution in [1.29, 1.82) is 0 Å². The molecule has 0 radical (unpaired) electrons. The summed E-state index contributed by atoms with van der Waals surface area (Å²) in [6.45, 7) is 4.87. The van der Waals surface area contributed by atoms with Crippen molar-refractivity contribution in [3.05, 3.63) is 59.9 Å². The van der Waals surface area contributed by atoms with Crippen molar-refractivity contribution in [2.75, 3.05) is 13.7 Å². The molecule has 29 heavy (non-hydrogen) atoms. The number of benzene rings is 2. The third-order valence-electron chi connectivity index (χ3n) is 4.21. The molecule has 2 aromatic carbocycles. The van der Waals surface area contributed by atoms with Gasteiger partial charge in [0, 0.05) is 5.56 Å². The molecule has 0 aliphatic rings. The van der Waals surface area contributed by atoms with Crippen molar-refractivity contribution in [2.24, 2.45) is 11.0 Å². The van der Waals surface area contributed by atoms with E-state index >= 15 is 0 Å². The average molecular weight is 392 g/mol. The van der Waals surface area contributed by atoms with Gasteiger partial charge in [-0.05, 0) is 42.7 Å². The fourth-order valence-electron chi connectivity index (χ4n) is 2.59. The minimum atomic E-state index is -0.359. The minimum Gasteiger partial charge on any atom is -0.493 e. The van der Waals surface area contributed by atoms with Gasteiger partial charge < -0.3 is 9.47 Å². The molecule has 0 spiro atoms. The molecule has 1 N–H and O–H groups in total. The molecule has 7 heteroatoms. The van der Waals surface area contributed by atoms with E-state index in [0.717, 1.165) is 17.5 Å². The number of carbonyl (C=O) groups excluding carboxylic acids is 1. The number of nitrogens with one attached hydrogen (secondary N) is 1. The van der Waals surface area contributed by atoms with Crippen LogP contribution >= 0.6 is 0 Å². The normalized spacial score (nSPS) is 11.2. The van der Waals surface area contributed by atoms with E-state index in [1.54, 1.807) is 31.5 Å². The summed E-state index contributed by atoms with van der Waals surface area (Å²) in [6.07, 6.45) is 4.00. The van der Waals surface area contributed by atoms with E-state index in [4.69, 9.17) is 9.47 Å². The van der Waals surface area contributed by atoms with Gasteiger partial charge in [-0.25, -0.2) is 10.4 Å². The Morgan fingerprint density at radius 1 is 1.17 bits per heavy atom. The first-order chi connectivity index (χ1) is 14.1. The topological polar surface area (TPSA) is 85.7 Å². The van der Waals surface area contributed by atoms with Gasteiger partial charge in [-0.15, -0.1) is 0 Å². The number of aromatic nitrogens is 2. The highest BCUT2D eigenvalue weighted by Gasteiger charge is 2.11. The van der Waals surface area contributed by atoms with Gasteiger partial charge in [0.1, 0.15) is 5.69 Å². The van der Waals surface area contributed by atoms with Crippen LogP contribution in [0.1, 0.15) is 36.3 Å². The van der Waals surface area contributed by atoms with E-state index in [1.165, 1.54) is 6.21 Å². The molecule has 0 aliphatic heterocycles. The van der Waals surface area contributed by atoms with Crippen LogP contribution in [0.5, 0.6) is 11.5 Å². The van der Waals surface area contributed by atoms with Crippen LogP contribution in [-0.4, -0.2) is 35.8 Å². The van der Waals surface area contributed by atoms with Gasteiger partial charge in [0.05, 0.1) is 37.2 Å². The quantitative estimate of drug-likeness (QED) is 0.465. The van der Waals surface area contributed by atoms with Crippen molar-refractivity contribution in [2.45, 2.75) is 20.3 Å². The zero-order chi connectivity index (χ0) is 20.6. The van der Waals surface area contributed by atoms with Crippen molar-refractivity contribution in [1.82, 2.24) is 15.4 Å². The number of hydrazone groups is 1. The second kappa shape index (κ2) is 9.64. The Kier molecular flexibility index (Phi) is 6.73. The third-order valence-corrected chi connectivity index (χ3v) is 4.21. The van der Waals surface area contributed by atoms with Crippen LogP contribution < -0.4 is 14.9 Å². The van der Waals surface area contributed by atoms with Crippen LogP contribution in [0.25, 0.3) is 11.0 Å². The molecular weight excluding hydrogens is 368 g/mol. The standard InChI is InChI=1S/C22H24N4O3/c1-15(2)10-11-29-20-9-8-16(12-21(20)28-3)22(27)26-24-14-17-13-23-18-6-4-5-7-19(18)25-17/h4-9,12-15H,10-11H2,1-3H3,(H,26,27)/b24-14-. The summed E-state index contributed by atoms with van der Waals surface area (Å²) in [5.74, 6) is 1.31. The summed E-state index contributed by atoms with van der Waals surface area (Å²) in [6, 6.07) is 12.6. The average Bonchev–Trinajstić information content (AvgIpc) is 2.73. The fraction of sp³-hybridized carbons (Fsp3) is 0.273. The number of fused-ring (bicyclic) bond motifs is 1.